The van der Waals surface area contributed by atoms with Crippen LogP contribution in [-0.4, -0.2) is 42.2 Å². The summed E-state index contributed by atoms with van der Waals surface area (Å²) >= 11 is 0. The number of para-hydroxylation sites is 1. The average Bonchev–Trinajstić information content (AvgIpc) is 2.73. The van der Waals surface area contributed by atoms with Crippen LogP contribution in [0.15, 0.2) is 54.6 Å². The van der Waals surface area contributed by atoms with Crippen molar-refractivity contribution in [1.82, 2.24) is 15.4 Å². The number of carbonyl (C=O) groups excluding carboxylic acids is 1. The molecule has 5 nitrogen and oxygen atoms in total. The van der Waals surface area contributed by atoms with Gasteiger partial charge in [-0.05, 0) is 24.1 Å². The number of rotatable bonds is 4. The summed E-state index contributed by atoms with van der Waals surface area (Å²) in [5.74, 6) is -0.109. The van der Waals surface area contributed by atoms with Crippen molar-refractivity contribution in [3.05, 3.63) is 65.7 Å². The second-order valence-electron chi connectivity index (χ2n) is 6.66. The highest BCUT2D eigenvalue weighted by molar-refractivity contribution is 6.07. The molecular weight excluding hydrogens is 338 g/mol. The van der Waals surface area contributed by atoms with E-state index >= 15 is 0 Å². The van der Waals surface area contributed by atoms with Crippen LogP contribution in [0.25, 0.3) is 22.2 Å². The van der Waals surface area contributed by atoms with E-state index in [1.807, 2.05) is 35.3 Å². The van der Waals surface area contributed by atoms with Crippen molar-refractivity contribution in [2.24, 2.45) is 0 Å². The number of pyridine rings is 1. The van der Waals surface area contributed by atoms with E-state index in [9.17, 15) is 4.79 Å². The van der Waals surface area contributed by atoms with Gasteiger partial charge in [0.25, 0.3) is 5.91 Å². The molecule has 1 amide bonds. The monoisotopic (exact) mass is 361 g/mol. The van der Waals surface area contributed by atoms with Crippen molar-refractivity contribution >= 4 is 16.8 Å². The molecule has 1 aromatic heterocycles. The Morgan fingerprint density at radius 2 is 1.85 bits per heavy atom. The van der Waals surface area contributed by atoms with Crippen molar-refractivity contribution in [1.29, 1.82) is 0 Å². The number of nitrogens with zero attached hydrogens (tertiary/aromatic N) is 2. The van der Waals surface area contributed by atoms with E-state index in [4.69, 9.17) is 9.72 Å². The summed E-state index contributed by atoms with van der Waals surface area (Å²) in [5, 5.41) is 2.77. The Bertz CT molecular complexity index is 947. The molecule has 1 aliphatic rings. The third-order valence-electron chi connectivity index (χ3n) is 4.89. The molecular formula is C22H23N3O2. The topological polar surface area (TPSA) is 54.5 Å². The zero-order valence-corrected chi connectivity index (χ0v) is 15.4. The minimum absolute atomic E-state index is 0.109. The quantitative estimate of drug-likeness (QED) is 0.773. The maximum atomic E-state index is 13.0. The lowest BCUT2D eigenvalue weighted by atomic mass is 10.0. The molecule has 1 fully saturated rings. The molecule has 1 saturated heterocycles. The van der Waals surface area contributed by atoms with E-state index in [2.05, 4.69) is 36.6 Å². The van der Waals surface area contributed by atoms with Crippen LogP contribution in [0, 0.1) is 0 Å². The molecule has 27 heavy (non-hydrogen) atoms. The number of hydrogen-bond donors (Lipinski definition) is 1. The standard InChI is InChI=1S/C22H23N3O2/c1-2-16-7-9-17(10-8-16)21-15-19(18-5-3-4-6-20(18)23-21)22(26)24-25-11-13-27-14-12-25/h3-10,15H,2,11-14H2,1H3,(H,24,26). The molecule has 1 N–H and O–H groups in total. The molecule has 0 aliphatic carbocycles. The van der Waals surface area contributed by atoms with E-state index in [1.54, 1.807) is 0 Å². The molecule has 2 heterocycles. The normalized spacial score (nSPS) is 15.0. The number of benzene rings is 2. The smallest absolute Gasteiger partial charge is 0.266 e. The molecule has 2 aromatic carbocycles. The number of nitrogens with one attached hydrogen (secondary N) is 1. The lowest BCUT2D eigenvalue weighted by Crippen LogP contribution is -2.48. The summed E-state index contributed by atoms with van der Waals surface area (Å²) in [5.41, 5.74) is 7.58. The number of aryl methyl sites for hydroxylation is 1. The van der Waals surface area contributed by atoms with Crippen molar-refractivity contribution in [2.75, 3.05) is 26.3 Å². The van der Waals surface area contributed by atoms with E-state index in [0.29, 0.717) is 31.9 Å². The van der Waals surface area contributed by atoms with Crippen molar-refractivity contribution in [3.8, 4) is 11.3 Å². The molecule has 1 aliphatic heterocycles. The highest BCUT2D eigenvalue weighted by Gasteiger charge is 2.18. The number of hydrogen-bond acceptors (Lipinski definition) is 4. The van der Waals surface area contributed by atoms with Crippen molar-refractivity contribution in [2.45, 2.75) is 13.3 Å². The van der Waals surface area contributed by atoms with Crippen LogP contribution in [0.1, 0.15) is 22.8 Å². The van der Waals surface area contributed by atoms with E-state index < -0.39 is 0 Å². The highest BCUT2D eigenvalue weighted by Crippen LogP contribution is 2.25. The third-order valence-corrected chi connectivity index (χ3v) is 4.89. The maximum absolute atomic E-state index is 13.0. The first kappa shape index (κ1) is 17.6. The van der Waals surface area contributed by atoms with E-state index in [1.165, 1.54) is 5.56 Å². The second-order valence-corrected chi connectivity index (χ2v) is 6.66. The zero-order chi connectivity index (χ0) is 18.6. The van der Waals surface area contributed by atoms with Gasteiger partial charge in [0.1, 0.15) is 0 Å². The van der Waals surface area contributed by atoms with E-state index in [-0.39, 0.29) is 5.91 Å². The van der Waals surface area contributed by atoms with E-state index in [0.717, 1.165) is 28.6 Å². The van der Waals surface area contributed by atoms with Gasteiger partial charge in [-0.3, -0.25) is 10.2 Å². The van der Waals surface area contributed by atoms with Crippen molar-refractivity contribution in [3.63, 3.8) is 0 Å². The van der Waals surface area contributed by atoms with Gasteiger partial charge < -0.3 is 4.74 Å². The summed E-state index contributed by atoms with van der Waals surface area (Å²) < 4.78 is 5.35. The van der Waals surface area contributed by atoms with Gasteiger partial charge in [0, 0.05) is 24.0 Å². The first-order valence-electron chi connectivity index (χ1n) is 9.37. The predicted molar refractivity (Wildman–Crippen MR) is 106 cm³/mol. The number of amides is 1. The number of ether oxygens (including phenoxy) is 1. The van der Waals surface area contributed by atoms with Gasteiger partial charge in [0.2, 0.25) is 0 Å². The van der Waals surface area contributed by atoms with Gasteiger partial charge >= 0.3 is 0 Å². The fourth-order valence-electron chi connectivity index (χ4n) is 3.30. The Labute approximate surface area is 158 Å². The minimum atomic E-state index is -0.109. The first-order chi connectivity index (χ1) is 13.2. The predicted octanol–water partition coefficient (Wildman–Crippen LogP) is 3.44. The van der Waals surface area contributed by atoms with Crippen molar-refractivity contribution < 1.29 is 9.53 Å². The second kappa shape index (κ2) is 7.86. The Morgan fingerprint density at radius 1 is 1.11 bits per heavy atom. The van der Waals surface area contributed by atoms with Gasteiger partial charge in [-0.2, -0.15) is 0 Å². The summed E-state index contributed by atoms with van der Waals surface area (Å²) in [7, 11) is 0. The maximum Gasteiger partial charge on any atom is 0.266 e. The van der Waals surface area contributed by atoms with Crippen LogP contribution >= 0.6 is 0 Å². The lowest BCUT2D eigenvalue weighted by molar-refractivity contribution is 0.0127. The fourth-order valence-corrected chi connectivity index (χ4v) is 3.30. The minimum Gasteiger partial charge on any atom is -0.379 e. The average molecular weight is 361 g/mol. The fraction of sp³-hybridized carbons (Fsp3) is 0.273. The van der Waals surface area contributed by atoms with Crippen LogP contribution in [0.5, 0.6) is 0 Å². The number of fused-ring (bicyclic) bond motifs is 1. The van der Waals surface area contributed by atoms with Crippen LogP contribution in [0.2, 0.25) is 0 Å². The highest BCUT2D eigenvalue weighted by atomic mass is 16.5. The largest absolute Gasteiger partial charge is 0.379 e. The van der Waals surface area contributed by atoms with Gasteiger partial charge in [0.05, 0.1) is 30.0 Å². The SMILES string of the molecule is CCc1ccc(-c2cc(C(=O)NN3CCOCC3)c3ccccc3n2)cc1. The van der Waals surface area contributed by atoms with Crippen LogP contribution < -0.4 is 5.43 Å². The Kier molecular flexibility index (Phi) is 5.14. The zero-order valence-electron chi connectivity index (χ0n) is 15.4. The molecule has 4 rings (SSSR count). The molecule has 0 radical (unpaired) electrons. The molecule has 0 bridgehead atoms. The molecule has 3 aromatic rings. The van der Waals surface area contributed by atoms with Crippen LogP contribution in [0.3, 0.4) is 0 Å². The Morgan fingerprint density at radius 3 is 2.59 bits per heavy atom. The molecule has 138 valence electrons. The van der Waals surface area contributed by atoms with Gasteiger partial charge in [-0.25, -0.2) is 9.99 Å². The van der Waals surface area contributed by atoms with Gasteiger partial charge in [0.15, 0.2) is 0 Å². The van der Waals surface area contributed by atoms with Crippen LogP contribution in [-0.2, 0) is 11.2 Å². The Hall–Kier alpha value is -2.76. The Balaban J connectivity index is 1.72. The number of aromatic nitrogens is 1. The third kappa shape index (κ3) is 3.84. The molecule has 5 heteroatoms. The number of carbonyl (C=O) groups is 1. The summed E-state index contributed by atoms with van der Waals surface area (Å²) in [4.78, 5) is 17.8. The van der Waals surface area contributed by atoms with Crippen LogP contribution in [0.4, 0.5) is 0 Å². The van der Waals surface area contributed by atoms with Gasteiger partial charge in [-0.1, -0.05) is 49.4 Å². The summed E-state index contributed by atoms with van der Waals surface area (Å²) in [6.07, 6.45) is 0.999. The molecule has 0 atom stereocenters. The first-order valence-corrected chi connectivity index (χ1v) is 9.37. The number of hydrazine groups is 1. The summed E-state index contributed by atoms with van der Waals surface area (Å²) in [6.45, 7) is 4.79. The van der Waals surface area contributed by atoms with Gasteiger partial charge in [-0.15, -0.1) is 0 Å². The molecule has 0 spiro atoms. The summed E-state index contributed by atoms with van der Waals surface area (Å²) in [6, 6.07) is 18.0. The molecule has 0 unspecified atom stereocenters. The number of morpholine rings is 1. The lowest BCUT2D eigenvalue weighted by Gasteiger charge is -2.27. The molecule has 0 saturated carbocycles.